The Labute approximate surface area is 75.7 Å². The van der Waals surface area contributed by atoms with Gasteiger partial charge in [0, 0.05) is 0 Å². The smallest absolute Gasteiger partial charge is 0.0706 e. The number of hydrogen-bond donors (Lipinski definition) is 2. The molecule has 0 heterocycles. The van der Waals surface area contributed by atoms with Crippen molar-refractivity contribution in [2.75, 3.05) is 0 Å². The van der Waals surface area contributed by atoms with Crippen molar-refractivity contribution in [2.45, 2.75) is 0 Å². The van der Waals surface area contributed by atoms with Crippen LogP contribution in [0, 0.1) is 0 Å². The van der Waals surface area contributed by atoms with Gasteiger partial charge in [0.2, 0.25) is 0 Å². The van der Waals surface area contributed by atoms with E-state index in [1.165, 1.54) is 0 Å². The molecular weight excluding hydrogens is 330 g/mol. The zero-order valence-electron chi connectivity index (χ0n) is 4.07. The van der Waals surface area contributed by atoms with Gasteiger partial charge in [0.1, 0.15) is 0 Å². The van der Waals surface area contributed by atoms with Crippen LogP contribution in [0.3, 0.4) is 0 Å². The summed E-state index contributed by atoms with van der Waals surface area (Å²) in [7, 11) is 0. The van der Waals surface area contributed by atoms with Crippen LogP contribution >= 0.6 is 45.2 Å². The first-order valence-corrected chi connectivity index (χ1v) is 4.02. The van der Waals surface area contributed by atoms with Gasteiger partial charge in [-0.05, 0) is 57.3 Å². The van der Waals surface area contributed by atoms with Crippen LogP contribution in [0.5, 0.6) is 0 Å². The van der Waals surface area contributed by atoms with E-state index in [1.54, 1.807) is 12.2 Å². The first-order chi connectivity index (χ1) is 3.63. The fourth-order valence-electron chi connectivity index (χ4n) is 0.159. The molecule has 4 N–H and O–H groups in total. The van der Waals surface area contributed by atoms with Crippen LogP contribution in [0.4, 0.5) is 0 Å². The van der Waals surface area contributed by atoms with E-state index in [9.17, 15) is 0 Å². The van der Waals surface area contributed by atoms with Crippen LogP contribution in [-0.4, -0.2) is 0 Å². The predicted octanol–water partition coefficient (Wildman–Crippen LogP) is 1.46. The van der Waals surface area contributed by atoms with Gasteiger partial charge in [-0.3, -0.25) is 0 Å². The molecule has 2 nitrogen and oxygen atoms in total. The lowest BCUT2D eigenvalue weighted by Gasteiger charge is -1.82. The molecule has 0 aromatic rings. The molecule has 0 aromatic carbocycles. The van der Waals surface area contributed by atoms with Crippen molar-refractivity contribution in [2.24, 2.45) is 11.5 Å². The topological polar surface area (TPSA) is 52.0 Å². The van der Waals surface area contributed by atoms with E-state index < -0.39 is 0 Å². The second kappa shape index (κ2) is 4.42. The van der Waals surface area contributed by atoms with Crippen LogP contribution in [0.25, 0.3) is 0 Å². The Balaban J connectivity index is 3.76. The number of halogens is 2. The lowest BCUT2D eigenvalue weighted by atomic mass is 10.6. The van der Waals surface area contributed by atoms with E-state index in [-0.39, 0.29) is 0 Å². The van der Waals surface area contributed by atoms with Crippen LogP contribution < -0.4 is 11.5 Å². The molecule has 0 bridgehead atoms. The minimum atomic E-state index is 0.738. The van der Waals surface area contributed by atoms with Gasteiger partial charge < -0.3 is 11.5 Å². The van der Waals surface area contributed by atoms with E-state index >= 15 is 0 Å². The Morgan fingerprint density at radius 3 is 1.38 bits per heavy atom. The normalized spacial score (nSPS) is 14.2. The van der Waals surface area contributed by atoms with E-state index in [4.69, 9.17) is 11.5 Å². The fourth-order valence-corrected chi connectivity index (χ4v) is 0.519. The van der Waals surface area contributed by atoms with Crippen LogP contribution in [0.15, 0.2) is 19.6 Å². The van der Waals surface area contributed by atoms with Crippen molar-refractivity contribution in [1.29, 1.82) is 0 Å². The fraction of sp³-hybridized carbons (Fsp3) is 0. The van der Waals surface area contributed by atoms with Gasteiger partial charge in [-0.1, -0.05) is 0 Å². The van der Waals surface area contributed by atoms with Crippen LogP contribution in [0.2, 0.25) is 0 Å². The monoisotopic (exact) mass is 336 g/mol. The second-order valence-electron chi connectivity index (χ2n) is 1.10. The minimum absolute atomic E-state index is 0.738. The summed E-state index contributed by atoms with van der Waals surface area (Å²) in [5.74, 6) is 0. The maximum atomic E-state index is 5.28. The van der Waals surface area contributed by atoms with Crippen molar-refractivity contribution in [3.8, 4) is 0 Å². The largest absolute Gasteiger partial charge is 0.394 e. The molecule has 0 aliphatic heterocycles. The molecule has 0 aromatic heterocycles. The second-order valence-corrected chi connectivity index (χ2v) is 3.59. The highest BCUT2D eigenvalue weighted by Gasteiger charge is 1.75. The molecule has 0 fully saturated rings. The third-order valence-electron chi connectivity index (χ3n) is 0.402. The Hall–Kier alpha value is 0.540. The van der Waals surface area contributed by atoms with Crippen molar-refractivity contribution in [3.05, 3.63) is 19.6 Å². The first kappa shape index (κ1) is 8.54. The molecule has 0 saturated carbocycles. The van der Waals surface area contributed by atoms with Crippen LogP contribution in [0.1, 0.15) is 0 Å². The van der Waals surface area contributed by atoms with Crippen LogP contribution in [-0.2, 0) is 0 Å². The van der Waals surface area contributed by atoms with Crippen molar-refractivity contribution in [3.63, 3.8) is 0 Å². The number of nitrogens with two attached hydrogens (primary N) is 2. The lowest BCUT2D eigenvalue weighted by Crippen LogP contribution is -1.87. The Bertz CT molecular complexity index is 104. The summed E-state index contributed by atoms with van der Waals surface area (Å²) in [6, 6.07) is 0. The Morgan fingerprint density at radius 2 is 1.25 bits per heavy atom. The maximum absolute atomic E-state index is 5.28. The van der Waals surface area contributed by atoms with Crippen molar-refractivity contribution in [1.82, 2.24) is 0 Å². The Kier molecular flexibility index (Phi) is 4.72. The SMILES string of the molecule is N/C(I)=C\C=C(/N)I. The van der Waals surface area contributed by atoms with Crippen molar-refractivity contribution < 1.29 is 0 Å². The van der Waals surface area contributed by atoms with Gasteiger partial charge in [-0.2, -0.15) is 0 Å². The first-order valence-electron chi connectivity index (χ1n) is 1.87. The van der Waals surface area contributed by atoms with Crippen molar-refractivity contribution >= 4 is 45.2 Å². The summed E-state index contributed by atoms with van der Waals surface area (Å²) in [6.07, 6.45) is 3.50. The molecule has 0 saturated heterocycles. The summed E-state index contributed by atoms with van der Waals surface area (Å²) >= 11 is 4.02. The van der Waals surface area contributed by atoms with Gasteiger partial charge in [0.05, 0.1) is 7.41 Å². The number of hydrogen-bond acceptors (Lipinski definition) is 2. The molecular formula is C4H6I2N2. The summed E-state index contributed by atoms with van der Waals surface area (Å²) in [5, 5.41) is 0. The molecule has 8 heavy (non-hydrogen) atoms. The molecule has 0 rings (SSSR count). The summed E-state index contributed by atoms with van der Waals surface area (Å²) in [4.78, 5) is 0. The number of allylic oxidation sites excluding steroid dienone is 2. The van der Waals surface area contributed by atoms with E-state index in [0.717, 1.165) is 7.41 Å². The van der Waals surface area contributed by atoms with Gasteiger partial charge in [0.25, 0.3) is 0 Å². The Morgan fingerprint density at radius 1 is 1.00 bits per heavy atom. The minimum Gasteiger partial charge on any atom is -0.394 e. The predicted molar refractivity (Wildman–Crippen MR) is 52.6 cm³/mol. The van der Waals surface area contributed by atoms with Gasteiger partial charge in [0.15, 0.2) is 0 Å². The van der Waals surface area contributed by atoms with E-state index in [0.29, 0.717) is 0 Å². The average molecular weight is 336 g/mol. The molecule has 0 aliphatic rings. The summed E-state index contributed by atoms with van der Waals surface area (Å²) < 4.78 is 1.48. The van der Waals surface area contributed by atoms with Gasteiger partial charge in [-0.25, -0.2) is 0 Å². The average Bonchev–Trinajstić information content (AvgIpc) is 1.61. The molecule has 0 spiro atoms. The molecule has 0 radical (unpaired) electrons. The molecule has 4 heteroatoms. The molecule has 0 unspecified atom stereocenters. The zero-order valence-corrected chi connectivity index (χ0v) is 8.38. The number of rotatable bonds is 1. The standard InChI is InChI=1S/C4H6I2N2/c5-3(7)1-2-4(6)8/h1-2H,7-8H2/b3-1-,4-2-. The maximum Gasteiger partial charge on any atom is 0.0706 e. The summed E-state index contributed by atoms with van der Waals surface area (Å²) in [6.45, 7) is 0. The molecule has 46 valence electrons. The molecule has 0 atom stereocenters. The zero-order chi connectivity index (χ0) is 6.57. The van der Waals surface area contributed by atoms with E-state index in [2.05, 4.69) is 0 Å². The highest BCUT2D eigenvalue weighted by Crippen LogP contribution is 2.00. The third kappa shape index (κ3) is 6.54. The quantitative estimate of drug-likeness (QED) is 0.433. The summed E-state index contributed by atoms with van der Waals surface area (Å²) in [5.41, 5.74) is 10.6. The highest BCUT2D eigenvalue weighted by molar-refractivity contribution is 14.1. The highest BCUT2D eigenvalue weighted by atomic mass is 127. The third-order valence-corrected chi connectivity index (χ3v) is 1.12. The molecule has 0 aliphatic carbocycles. The van der Waals surface area contributed by atoms with Gasteiger partial charge in [-0.15, -0.1) is 0 Å². The molecule has 0 amide bonds. The lowest BCUT2D eigenvalue weighted by molar-refractivity contribution is 1.54. The van der Waals surface area contributed by atoms with E-state index in [1.807, 2.05) is 45.2 Å². The van der Waals surface area contributed by atoms with Gasteiger partial charge >= 0.3 is 0 Å².